The van der Waals surface area contributed by atoms with Gasteiger partial charge in [0.2, 0.25) is 11.8 Å². The number of amides is 2. The van der Waals surface area contributed by atoms with Crippen LogP contribution in [0.5, 0.6) is 0 Å². The first-order valence-corrected chi connectivity index (χ1v) is 12.6. The Kier molecular flexibility index (Phi) is 11.5. The summed E-state index contributed by atoms with van der Waals surface area (Å²) in [5.41, 5.74) is 0. The zero-order chi connectivity index (χ0) is 29.9. The molecule has 11 N–H and O–H groups in total. The first-order chi connectivity index (χ1) is 18.8. The first kappa shape index (κ1) is 32.9. The number of aliphatic hydroxyl groups is 9. The second-order valence-electron chi connectivity index (χ2n) is 9.81. The largest absolute Gasteiger partial charge is 0.394 e. The maximum atomic E-state index is 12.1. The van der Waals surface area contributed by atoms with Crippen LogP contribution in [0.15, 0.2) is 0 Å². The van der Waals surface area contributed by atoms with Crippen molar-refractivity contribution in [2.45, 2.75) is 106 Å². The average molecular weight is 587 g/mol. The SMILES string of the molecule is CC(=O)N[C@H]1[C@@H](O[C@H]2[C@H](O)[C@@H](CO)OC(O)[C@@H]2NC(C)=O)O[C@H](CO)[C@H](O)[C@@H]1O[C@@H]1O[C@H](CO)[C@H](O)[C@H](O)[C@H]1O. The highest BCUT2D eigenvalue weighted by molar-refractivity contribution is 5.73. The number of hydrogen-bond donors (Lipinski definition) is 11. The normalized spacial score (nSPS) is 46.0. The van der Waals surface area contributed by atoms with Crippen molar-refractivity contribution < 1.29 is 79.2 Å². The van der Waals surface area contributed by atoms with Gasteiger partial charge in [0, 0.05) is 13.8 Å². The zero-order valence-electron chi connectivity index (χ0n) is 21.7. The van der Waals surface area contributed by atoms with Gasteiger partial charge in [-0.3, -0.25) is 9.59 Å². The summed E-state index contributed by atoms with van der Waals surface area (Å²) in [6.45, 7) is -0.140. The molecule has 0 bridgehead atoms. The molecule has 3 saturated heterocycles. The fourth-order valence-corrected chi connectivity index (χ4v) is 4.86. The molecule has 0 aliphatic carbocycles. The maximum absolute atomic E-state index is 12.1. The molecule has 0 radical (unpaired) electrons. The van der Waals surface area contributed by atoms with Crippen LogP contribution in [-0.4, -0.2) is 170 Å². The lowest BCUT2D eigenvalue weighted by molar-refractivity contribution is -0.356. The molecule has 3 aliphatic rings. The summed E-state index contributed by atoms with van der Waals surface area (Å²) in [4.78, 5) is 23.9. The van der Waals surface area contributed by atoms with E-state index in [-0.39, 0.29) is 0 Å². The lowest BCUT2D eigenvalue weighted by atomic mass is 9.94. The lowest BCUT2D eigenvalue weighted by Crippen LogP contribution is -2.70. The maximum Gasteiger partial charge on any atom is 0.217 e. The summed E-state index contributed by atoms with van der Waals surface area (Å²) in [5, 5.41) is 96.5. The van der Waals surface area contributed by atoms with Crippen LogP contribution in [-0.2, 0) is 33.3 Å². The van der Waals surface area contributed by atoms with Crippen molar-refractivity contribution in [3.63, 3.8) is 0 Å². The van der Waals surface area contributed by atoms with Crippen molar-refractivity contribution in [2.75, 3.05) is 19.8 Å². The van der Waals surface area contributed by atoms with Gasteiger partial charge in [0.15, 0.2) is 18.9 Å². The van der Waals surface area contributed by atoms with Gasteiger partial charge in [-0.1, -0.05) is 0 Å². The van der Waals surface area contributed by atoms with Gasteiger partial charge in [0.1, 0.15) is 73.1 Å². The van der Waals surface area contributed by atoms with Crippen molar-refractivity contribution in [1.82, 2.24) is 10.6 Å². The number of carbonyl (C=O) groups is 2. The Bertz CT molecular complexity index is 852. The van der Waals surface area contributed by atoms with Gasteiger partial charge in [0.05, 0.1) is 19.8 Å². The third kappa shape index (κ3) is 7.05. The molecule has 18 heteroatoms. The van der Waals surface area contributed by atoms with Crippen molar-refractivity contribution >= 4 is 11.8 Å². The molecule has 0 aromatic rings. The van der Waals surface area contributed by atoms with Gasteiger partial charge in [-0.2, -0.15) is 0 Å². The molecular formula is C22H38N2O16. The first-order valence-electron chi connectivity index (χ1n) is 12.6. The molecule has 1 unspecified atom stereocenters. The summed E-state index contributed by atoms with van der Waals surface area (Å²) in [6, 6.07) is -2.90. The third-order valence-electron chi connectivity index (χ3n) is 6.90. The van der Waals surface area contributed by atoms with Crippen molar-refractivity contribution in [2.24, 2.45) is 0 Å². The van der Waals surface area contributed by atoms with E-state index in [0.717, 1.165) is 13.8 Å². The lowest BCUT2D eigenvalue weighted by Gasteiger charge is -2.49. The fourth-order valence-electron chi connectivity index (χ4n) is 4.86. The predicted molar refractivity (Wildman–Crippen MR) is 124 cm³/mol. The number of hydrogen-bond acceptors (Lipinski definition) is 16. The van der Waals surface area contributed by atoms with Crippen LogP contribution in [0.1, 0.15) is 13.8 Å². The number of carbonyl (C=O) groups excluding carboxylic acids is 2. The minimum Gasteiger partial charge on any atom is -0.394 e. The molecule has 3 fully saturated rings. The molecule has 3 heterocycles. The number of rotatable bonds is 9. The van der Waals surface area contributed by atoms with Gasteiger partial charge < -0.3 is 80.3 Å². The van der Waals surface area contributed by atoms with Crippen LogP contribution in [0.2, 0.25) is 0 Å². The molecular weight excluding hydrogens is 548 g/mol. The van der Waals surface area contributed by atoms with E-state index in [4.69, 9.17) is 23.7 Å². The molecule has 18 nitrogen and oxygen atoms in total. The summed E-state index contributed by atoms with van der Waals surface area (Å²) in [5.74, 6) is -1.34. The van der Waals surface area contributed by atoms with E-state index >= 15 is 0 Å². The summed E-state index contributed by atoms with van der Waals surface area (Å²) in [6.07, 6.45) is -21.4. The van der Waals surface area contributed by atoms with E-state index in [0.29, 0.717) is 0 Å². The smallest absolute Gasteiger partial charge is 0.217 e. The third-order valence-corrected chi connectivity index (χ3v) is 6.90. The van der Waals surface area contributed by atoms with Crippen molar-refractivity contribution in [3.05, 3.63) is 0 Å². The molecule has 0 aromatic carbocycles. The molecule has 0 aromatic heterocycles. The zero-order valence-corrected chi connectivity index (χ0v) is 21.7. The highest BCUT2D eigenvalue weighted by Crippen LogP contribution is 2.32. The topological polar surface area (TPSA) is 286 Å². The Hall–Kier alpha value is -1.62. The average Bonchev–Trinajstić information content (AvgIpc) is 2.90. The van der Waals surface area contributed by atoms with Crippen molar-refractivity contribution in [3.8, 4) is 0 Å². The minimum absolute atomic E-state index is 0.647. The second kappa shape index (κ2) is 14.0. The van der Waals surface area contributed by atoms with E-state index < -0.39 is 124 Å². The van der Waals surface area contributed by atoms with Gasteiger partial charge in [-0.15, -0.1) is 0 Å². The van der Waals surface area contributed by atoms with Gasteiger partial charge in [-0.05, 0) is 0 Å². The highest BCUT2D eigenvalue weighted by atomic mass is 16.7. The van der Waals surface area contributed by atoms with E-state index in [9.17, 15) is 55.5 Å². The van der Waals surface area contributed by atoms with Gasteiger partial charge >= 0.3 is 0 Å². The summed E-state index contributed by atoms with van der Waals surface area (Å²) in [7, 11) is 0. The standard InChI is InChI=1S/C22H38N2O16/c1-6(28)23-11-18(14(31)9(4-26)36-20(11)35)39-21-12(24-7(2)29)19(15(32)10(5-27)37-21)40-22-17(34)16(33)13(30)8(3-25)38-22/h8-22,25-27,30-35H,3-5H2,1-2H3,(H,23,28)(H,24,29)/t8-,9-,10-,11-,12-,13+,14-,15+,16+,17-,18-,19-,20?,21-,22+/m1/s1. The molecule has 232 valence electrons. The van der Waals surface area contributed by atoms with E-state index in [2.05, 4.69) is 10.6 Å². The molecule has 3 aliphatic heterocycles. The van der Waals surface area contributed by atoms with Crippen LogP contribution in [0, 0.1) is 0 Å². The number of aliphatic hydroxyl groups excluding tert-OH is 9. The molecule has 2 amide bonds. The van der Waals surface area contributed by atoms with Gasteiger partial charge in [-0.25, -0.2) is 0 Å². The van der Waals surface area contributed by atoms with Crippen molar-refractivity contribution in [1.29, 1.82) is 0 Å². The Morgan fingerprint density at radius 3 is 1.55 bits per heavy atom. The van der Waals surface area contributed by atoms with E-state index in [1.165, 1.54) is 0 Å². The summed E-state index contributed by atoms with van der Waals surface area (Å²) < 4.78 is 27.7. The Morgan fingerprint density at radius 1 is 0.600 bits per heavy atom. The Labute approximate surface area is 228 Å². The fraction of sp³-hybridized carbons (Fsp3) is 0.909. The highest BCUT2D eigenvalue weighted by Gasteiger charge is 2.54. The van der Waals surface area contributed by atoms with E-state index in [1.54, 1.807) is 0 Å². The molecule has 0 saturated carbocycles. The number of ether oxygens (including phenoxy) is 5. The molecule has 15 atom stereocenters. The molecule has 0 spiro atoms. The second-order valence-corrected chi connectivity index (χ2v) is 9.81. The quantitative estimate of drug-likeness (QED) is 0.120. The summed E-state index contributed by atoms with van der Waals surface area (Å²) >= 11 is 0. The Morgan fingerprint density at radius 2 is 1.02 bits per heavy atom. The molecule has 3 rings (SSSR count). The van der Waals surface area contributed by atoms with Crippen LogP contribution in [0.4, 0.5) is 0 Å². The van der Waals surface area contributed by atoms with Crippen LogP contribution >= 0.6 is 0 Å². The van der Waals surface area contributed by atoms with Crippen LogP contribution in [0.3, 0.4) is 0 Å². The van der Waals surface area contributed by atoms with Gasteiger partial charge in [0.25, 0.3) is 0 Å². The monoisotopic (exact) mass is 586 g/mol. The minimum atomic E-state index is -1.89. The Balaban J connectivity index is 1.95. The predicted octanol–water partition coefficient (Wildman–Crippen LogP) is -7.29. The molecule has 40 heavy (non-hydrogen) atoms. The van der Waals surface area contributed by atoms with E-state index in [1.807, 2.05) is 0 Å². The van der Waals surface area contributed by atoms with Crippen LogP contribution < -0.4 is 10.6 Å². The van der Waals surface area contributed by atoms with Crippen LogP contribution in [0.25, 0.3) is 0 Å². The number of nitrogens with one attached hydrogen (secondary N) is 2.